The third-order valence-electron chi connectivity index (χ3n) is 2.69. The standard InChI is InChI=1S/C10H20O2/c1-4-6-10(3)7-8(11)9(5-2)12-10/h8-9,11H,4-7H2,1-3H3. The molecule has 0 aromatic heterocycles. The summed E-state index contributed by atoms with van der Waals surface area (Å²) in [5, 5.41) is 9.63. The van der Waals surface area contributed by atoms with E-state index in [2.05, 4.69) is 20.8 Å². The van der Waals surface area contributed by atoms with Crippen molar-refractivity contribution in [1.82, 2.24) is 0 Å². The lowest BCUT2D eigenvalue weighted by molar-refractivity contribution is -0.0474. The molecule has 0 bridgehead atoms. The van der Waals surface area contributed by atoms with Gasteiger partial charge in [0.05, 0.1) is 17.8 Å². The van der Waals surface area contributed by atoms with Crippen molar-refractivity contribution in [2.24, 2.45) is 0 Å². The van der Waals surface area contributed by atoms with Crippen LogP contribution in [-0.4, -0.2) is 22.9 Å². The average Bonchev–Trinajstić information content (AvgIpc) is 2.27. The van der Waals surface area contributed by atoms with Gasteiger partial charge in [0.15, 0.2) is 0 Å². The molecule has 0 saturated carbocycles. The second kappa shape index (κ2) is 3.75. The fraction of sp³-hybridized carbons (Fsp3) is 1.00. The van der Waals surface area contributed by atoms with Crippen LogP contribution in [0.5, 0.6) is 0 Å². The second-order valence-corrected chi connectivity index (χ2v) is 4.04. The molecule has 0 radical (unpaired) electrons. The smallest absolute Gasteiger partial charge is 0.0839 e. The summed E-state index contributed by atoms with van der Waals surface area (Å²) in [6.45, 7) is 6.32. The molecule has 0 aromatic rings. The van der Waals surface area contributed by atoms with Gasteiger partial charge in [0.2, 0.25) is 0 Å². The Morgan fingerprint density at radius 3 is 2.58 bits per heavy atom. The molecule has 0 aromatic carbocycles. The summed E-state index contributed by atoms with van der Waals surface area (Å²) in [7, 11) is 0. The fourth-order valence-electron chi connectivity index (χ4n) is 2.11. The number of hydrogen-bond acceptors (Lipinski definition) is 2. The lowest BCUT2D eigenvalue weighted by Gasteiger charge is -2.23. The minimum atomic E-state index is -0.244. The summed E-state index contributed by atoms with van der Waals surface area (Å²) in [4.78, 5) is 0. The topological polar surface area (TPSA) is 29.5 Å². The Morgan fingerprint density at radius 2 is 2.17 bits per heavy atom. The van der Waals surface area contributed by atoms with Gasteiger partial charge in [0.1, 0.15) is 0 Å². The van der Waals surface area contributed by atoms with Crippen LogP contribution in [0.3, 0.4) is 0 Å². The normalized spacial score (nSPS) is 42.0. The highest BCUT2D eigenvalue weighted by atomic mass is 16.5. The van der Waals surface area contributed by atoms with Gasteiger partial charge in [0.25, 0.3) is 0 Å². The molecule has 0 amide bonds. The van der Waals surface area contributed by atoms with Gasteiger partial charge in [-0.15, -0.1) is 0 Å². The van der Waals surface area contributed by atoms with E-state index < -0.39 is 0 Å². The van der Waals surface area contributed by atoms with Gasteiger partial charge in [-0.25, -0.2) is 0 Å². The van der Waals surface area contributed by atoms with Gasteiger partial charge in [-0.05, 0) is 19.8 Å². The summed E-state index contributed by atoms with van der Waals surface area (Å²) in [5.74, 6) is 0. The van der Waals surface area contributed by atoms with E-state index in [-0.39, 0.29) is 17.8 Å². The Labute approximate surface area is 74.9 Å². The molecule has 12 heavy (non-hydrogen) atoms. The Morgan fingerprint density at radius 1 is 1.50 bits per heavy atom. The molecule has 2 heteroatoms. The van der Waals surface area contributed by atoms with Crippen LogP contribution in [0, 0.1) is 0 Å². The van der Waals surface area contributed by atoms with E-state index in [1.807, 2.05) is 0 Å². The van der Waals surface area contributed by atoms with Crippen LogP contribution in [-0.2, 0) is 4.74 Å². The van der Waals surface area contributed by atoms with Crippen molar-refractivity contribution in [3.05, 3.63) is 0 Å². The molecule has 0 aliphatic carbocycles. The van der Waals surface area contributed by atoms with E-state index in [0.717, 1.165) is 25.7 Å². The van der Waals surface area contributed by atoms with Crippen molar-refractivity contribution >= 4 is 0 Å². The molecule has 1 aliphatic heterocycles. The minimum Gasteiger partial charge on any atom is -0.390 e. The number of rotatable bonds is 3. The minimum absolute atomic E-state index is 0.0607. The van der Waals surface area contributed by atoms with E-state index in [4.69, 9.17) is 4.74 Å². The molecule has 1 aliphatic rings. The van der Waals surface area contributed by atoms with Crippen molar-refractivity contribution in [2.75, 3.05) is 0 Å². The van der Waals surface area contributed by atoms with E-state index in [0.29, 0.717) is 0 Å². The van der Waals surface area contributed by atoms with Crippen molar-refractivity contribution in [2.45, 2.75) is 64.3 Å². The van der Waals surface area contributed by atoms with Crippen molar-refractivity contribution in [1.29, 1.82) is 0 Å². The van der Waals surface area contributed by atoms with Crippen molar-refractivity contribution < 1.29 is 9.84 Å². The molecule has 1 fully saturated rings. The SMILES string of the molecule is CCCC1(C)CC(O)C(CC)O1. The molecule has 3 unspecified atom stereocenters. The highest BCUT2D eigenvalue weighted by molar-refractivity contribution is 4.90. The molecule has 1 heterocycles. The van der Waals surface area contributed by atoms with Gasteiger partial charge < -0.3 is 9.84 Å². The molecule has 72 valence electrons. The zero-order chi connectivity index (χ0) is 9.19. The average molecular weight is 172 g/mol. The molecule has 1 N–H and O–H groups in total. The number of aliphatic hydroxyl groups excluding tert-OH is 1. The van der Waals surface area contributed by atoms with E-state index in [1.165, 1.54) is 0 Å². The maximum absolute atomic E-state index is 9.63. The van der Waals surface area contributed by atoms with Crippen LogP contribution < -0.4 is 0 Å². The molecular formula is C10H20O2. The zero-order valence-corrected chi connectivity index (χ0v) is 8.34. The van der Waals surface area contributed by atoms with E-state index in [9.17, 15) is 5.11 Å². The maximum atomic E-state index is 9.63. The first-order chi connectivity index (χ1) is 5.61. The van der Waals surface area contributed by atoms with Crippen LogP contribution in [0.1, 0.15) is 46.5 Å². The quantitative estimate of drug-likeness (QED) is 0.706. The lowest BCUT2D eigenvalue weighted by atomic mass is 9.95. The Hall–Kier alpha value is -0.0800. The van der Waals surface area contributed by atoms with Crippen molar-refractivity contribution in [3.8, 4) is 0 Å². The fourth-order valence-corrected chi connectivity index (χ4v) is 2.11. The lowest BCUT2D eigenvalue weighted by Crippen LogP contribution is -2.24. The number of aliphatic hydroxyl groups is 1. The number of ether oxygens (including phenoxy) is 1. The second-order valence-electron chi connectivity index (χ2n) is 4.04. The number of hydrogen-bond donors (Lipinski definition) is 1. The molecular weight excluding hydrogens is 152 g/mol. The monoisotopic (exact) mass is 172 g/mol. The third-order valence-corrected chi connectivity index (χ3v) is 2.69. The van der Waals surface area contributed by atoms with Gasteiger partial charge in [-0.3, -0.25) is 0 Å². The first-order valence-electron chi connectivity index (χ1n) is 4.97. The summed E-state index contributed by atoms with van der Waals surface area (Å²) in [5.41, 5.74) is -0.0607. The Bertz CT molecular complexity index is 147. The third kappa shape index (κ3) is 1.99. The van der Waals surface area contributed by atoms with Gasteiger partial charge in [-0.2, -0.15) is 0 Å². The van der Waals surface area contributed by atoms with Gasteiger partial charge in [-0.1, -0.05) is 20.3 Å². The summed E-state index contributed by atoms with van der Waals surface area (Å²) in [6, 6.07) is 0. The Kier molecular flexibility index (Phi) is 3.13. The van der Waals surface area contributed by atoms with Gasteiger partial charge in [0, 0.05) is 6.42 Å². The highest BCUT2D eigenvalue weighted by Gasteiger charge is 2.40. The predicted molar refractivity (Wildman–Crippen MR) is 49.1 cm³/mol. The molecule has 2 nitrogen and oxygen atoms in total. The first-order valence-corrected chi connectivity index (χ1v) is 4.97. The van der Waals surface area contributed by atoms with Crippen LogP contribution in [0.25, 0.3) is 0 Å². The molecule has 1 rings (SSSR count). The summed E-state index contributed by atoms with van der Waals surface area (Å²) in [6.07, 6.45) is 3.73. The molecule has 1 saturated heterocycles. The summed E-state index contributed by atoms with van der Waals surface area (Å²) < 4.78 is 5.80. The highest BCUT2D eigenvalue weighted by Crippen LogP contribution is 2.35. The van der Waals surface area contributed by atoms with Crippen LogP contribution in [0.4, 0.5) is 0 Å². The first kappa shape index (κ1) is 10.0. The van der Waals surface area contributed by atoms with Crippen molar-refractivity contribution in [3.63, 3.8) is 0 Å². The Balaban J connectivity index is 2.51. The predicted octanol–water partition coefficient (Wildman–Crippen LogP) is 2.10. The molecule has 3 atom stereocenters. The molecule has 0 spiro atoms. The summed E-state index contributed by atoms with van der Waals surface area (Å²) >= 11 is 0. The van der Waals surface area contributed by atoms with Crippen LogP contribution >= 0.6 is 0 Å². The zero-order valence-electron chi connectivity index (χ0n) is 8.34. The van der Waals surface area contributed by atoms with Gasteiger partial charge >= 0.3 is 0 Å². The van der Waals surface area contributed by atoms with Crippen LogP contribution in [0.15, 0.2) is 0 Å². The maximum Gasteiger partial charge on any atom is 0.0839 e. The van der Waals surface area contributed by atoms with Crippen LogP contribution in [0.2, 0.25) is 0 Å². The van der Waals surface area contributed by atoms with E-state index >= 15 is 0 Å². The van der Waals surface area contributed by atoms with E-state index in [1.54, 1.807) is 0 Å². The largest absolute Gasteiger partial charge is 0.390 e.